The van der Waals surface area contributed by atoms with Gasteiger partial charge >= 0.3 is 0 Å². The van der Waals surface area contributed by atoms with Crippen molar-refractivity contribution in [2.24, 2.45) is 0 Å². The molecule has 0 amide bonds. The van der Waals surface area contributed by atoms with E-state index in [0.717, 1.165) is 0 Å². The van der Waals surface area contributed by atoms with E-state index in [1.54, 1.807) is 0 Å². The van der Waals surface area contributed by atoms with Gasteiger partial charge in [-0.1, -0.05) is 57.0 Å². The minimum atomic E-state index is 0.648. The highest BCUT2D eigenvalue weighted by atomic mass is 14.6. The third kappa shape index (κ3) is 4.70. The molecule has 0 bridgehead atoms. The van der Waals surface area contributed by atoms with Crippen molar-refractivity contribution in [3.63, 3.8) is 0 Å². The first-order chi connectivity index (χ1) is 10.3. The molecular formula is C20H27N. The van der Waals surface area contributed by atoms with Gasteiger partial charge in [-0.05, 0) is 54.4 Å². The molecule has 1 nitrogen and oxygen atoms in total. The minimum absolute atomic E-state index is 0.648. The molecule has 0 aliphatic rings. The summed E-state index contributed by atoms with van der Waals surface area (Å²) in [5.41, 5.74) is 2.94. The maximum atomic E-state index is 4.16. The van der Waals surface area contributed by atoms with Gasteiger partial charge in [-0.3, -0.25) is 4.98 Å². The Morgan fingerprint density at radius 2 is 1.29 bits per heavy atom. The lowest BCUT2D eigenvalue weighted by atomic mass is 9.81. The molecule has 0 radical (unpaired) electrons. The molecule has 1 aromatic heterocycles. The van der Waals surface area contributed by atoms with Crippen LogP contribution in [0.4, 0.5) is 0 Å². The molecule has 21 heavy (non-hydrogen) atoms. The van der Waals surface area contributed by atoms with Crippen molar-refractivity contribution in [3.05, 3.63) is 66.0 Å². The highest BCUT2D eigenvalue weighted by molar-refractivity contribution is 5.22. The molecule has 0 saturated carbocycles. The zero-order valence-corrected chi connectivity index (χ0v) is 13.3. The lowest BCUT2D eigenvalue weighted by Gasteiger charge is -2.24. The molecule has 2 aromatic rings. The van der Waals surface area contributed by atoms with E-state index in [9.17, 15) is 0 Å². The molecule has 1 heterocycles. The quantitative estimate of drug-likeness (QED) is 0.583. The van der Waals surface area contributed by atoms with Crippen molar-refractivity contribution in [1.82, 2.24) is 4.98 Å². The number of hydrogen-bond donors (Lipinski definition) is 0. The van der Waals surface area contributed by atoms with Crippen LogP contribution in [0.3, 0.4) is 0 Å². The van der Waals surface area contributed by atoms with Gasteiger partial charge in [-0.25, -0.2) is 0 Å². The predicted octanol–water partition coefficient (Wildman–Crippen LogP) is 5.94. The monoisotopic (exact) mass is 281 g/mol. The van der Waals surface area contributed by atoms with E-state index in [2.05, 4.69) is 61.3 Å². The van der Waals surface area contributed by atoms with E-state index in [0.29, 0.717) is 11.8 Å². The van der Waals surface area contributed by atoms with E-state index < -0.39 is 0 Å². The van der Waals surface area contributed by atoms with Crippen LogP contribution in [0.2, 0.25) is 0 Å². The van der Waals surface area contributed by atoms with Crippen molar-refractivity contribution >= 4 is 0 Å². The van der Waals surface area contributed by atoms with Crippen LogP contribution in [-0.4, -0.2) is 4.98 Å². The molecule has 112 valence electrons. The van der Waals surface area contributed by atoms with Gasteiger partial charge in [-0.2, -0.15) is 0 Å². The van der Waals surface area contributed by atoms with Crippen LogP contribution in [0, 0.1) is 0 Å². The Morgan fingerprint density at radius 3 is 1.81 bits per heavy atom. The molecule has 0 N–H and O–H groups in total. The molecule has 1 aromatic carbocycles. The fraction of sp³-hybridized carbons (Fsp3) is 0.450. The van der Waals surface area contributed by atoms with Crippen molar-refractivity contribution in [1.29, 1.82) is 0 Å². The lowest BCUT2D eigenvalue weighted by molar-refractivity contribution is 0.475. The molecule has 0 spiro atoms. The second-order valence-electron chi connectivity index (χ2n) is 5.90. The Labute approximate surface area is 129 Å². The zero-order chi connectivity index (χ0) is 14.9. The molecule has 2 rings (SSSR count). The number of rotatable bonds is 8. The average Bonchev–Trinajstić information content (AvgIpc) is 2.55. The summed E-state index contributed by atoms with van der Waals surface area (Å²) in [7, 11) is 0. The van der Waals surface area contributed by atoms with E-state index in [1.807, 2.05) is 12.4 Å². The Bertz CT molecular complexity index is 444. The first kappa shape index (κ1) is 15.8. The largest absolute Gasteiger partial charge is 0.265 e. The van der Waals surface area contributed by atoms with E-state index in [4.69, 9.17) is 0 Å². The summed E-state index contributed by atoms with van der Waals surface area (Å²) < 4.78 is 0. The number of benzene rings is 1. The second-order valence-corrected chi connectivity index (χ2v) is 5.90. The summed E-state index contributed by atoms with van der Waals surface area (Å²) in [6, 6.07) is 15.4. The van der Waals surface area contributed by atoms with Crippen molar-refractivity contribution < 1.29 is 0 Å². The number of aromatic nitrogens is 1. The topological polar surface area (TPSA) is 12.9 Å². The van der Waals surface area contributed by atoms with Crippen molar-refractivity contribution in [3.8, 4) is 0 Å². The SMILES string of the molecule is CCCC(CC(CCC)c1ccncc1)c1ccccc1. The van der Waals surface area contributed by atoms with E-state index in [1.165, 1.54) is 43.2 Å². The van der Waals surface area contributed by atoms with Gasteiger partial charge in [0.2, 0.25) is 0 Å². The molecular weight excluding hydrogens is 254 g/mol. The van der Waals surface area contributed by atoms with Gasteiger partial charge < -0.3 is 0 Å². The maximum Gasteiger partial charge on any atom is 0.0270 e. The zero-order valence-electron chi connectivity index (χ0n) is 13.3. The fourth-order valence-electron chi connectivity index (χ4n) is 3.24. The van der Waals surface area contributed by atoms with Gasteiger partial charge in [0, 0.05) is 12.4 Å². The highest BCUT2D eigenvalue weighted by Crippen LogP contribution is 2.35. The van der Waals surface area contributed by atoms with Crippen LogP contribution in [-0.2, 0) is 0 Å². The van der Waals surface area contributed by atoms with Crippen LogP contribution in [0.1, 0.15) is 68.9 Å². The lowest BCUT2D eigenvalue weighted by Crippen LogP contribution is -2.07. The molecule has 0 fully saturated rings. The third-order valence-electron chi connectivity index (χ3n) is 4.29. The van der Waals surface area contributed by atoms with Crippen LogP contribution >= 0.6 is 0 Å². The number of nitrogens with zero attached hydrogens (tertiary/aromatic N) is 1. The summed E-state index contributed by atoms with van der Waals surface area (Å²) in [4.78, 5) is 4.16. The van der Waals surface area contributed by atoms with Crippen LogP contribution in [0.5, 0.6) is 0 Å². The summed E-state index contributed by atoms with van der Waals surface area (Å²) in [6.07, 6.45) is 10.1. The van der Waals surface area contributed by atoms with Gasteiger partial charge in [0.05, 0.1) is 0 Å². The van der Waals surface area contributed by atoms with Crippen molar-refractivity contribution in [2.75, 3.05) is 0 Å². The highest BCUT2D eigenvalue weighted by Gasteiger charge is 2.18. The first-order valence-electron chi connectivity index (χ1n) is 8.30. The molecule has 1 heteroatoms. The molecule has 2 atom stereocenters. The van der Waals surface area contributed by atoms with Gasteiger partial charge in [0.25, 0.3) is 0 Å². The van der Waals surface area contributed by atoms with Gasteiger partial charge in [0.1, 0.15) is 0 Å². The summed E-state index contributed by atoms with van der Waals surface area (Å²) in [6.45, 7) is 4.57. The van der Waals surface area contributed by atoms with Crippen molar-refractivity contribution in [2.45, 2.75) is 57.8 Å². The molecule has 0 aliphatic carbocycles. The maximum absolute atomic E-state index is 4.16. The summed E-state index contributed by atoms with van der Waals surface area (Å²) in [5, 5.41) is 0. The van der Waals surface area contributed by atoms with Crippen LogP contribution in [0.15, 0.2) is 54.9 Å². The van der Waals surface area contributed by atoms with Crippen LogP contribution < -0.4 is 0 Å². The minimum Gasteiger partial charge on any atom is -0.265 e. The standard InChI is InChI=1S/C20H27N/c1-3-8-19(17-10-6-5-7-11-17)16-20(9-4-2)18-12-14-21-15-13-18/h5-7,10-15,19-20H,3-4,8-9,16H2,1-2H3. The molecule has 2 unspecified atom stereocenters. The summed E-state index contributed by atoms with van der Waals surface area (Å²) in [5.74, 6) is 1.32. The van der Waals surface area contributed by atoms with E-state index in [-0.39, 0.29) is 0 Å². The molecule has 0 aliphatic heterocycles. The summed E-state index contributed by atoms with van der Waals surface area (Å²) >= 11 is 0. The Balaban J connectivity index is 2.16. The van der Waals surface area contributed by atoms with Gasteiger partial charge in [0.15, 0.2) is 0 Å². The average molecular weight is 281 g/mol. The fourth-order valence-corrected chi connectivity index (χ4v) is 3.24. The van der Waals surface area contributed by atoms with Gasteiger partial charge in [-0.15, -0.1) is 0 Å². The molecule has 0 saturated heterocycles. The number of pyridine rings is 1. The Morgan fingerprint density at radius 1 is 0.762 bits per heavy atom. The smallest absolute Gasteiger partial charge is 0.0270 e. The number of hydrogen-bond acceptors (Lipinski definition) is 1. The Kier molecular flexibility index (Phi) is 6.46. The first-order valence-corrected chi connectivity index (χ1v) is 8.30. The van der Waals surface area contributed by atoms with Crippen LogP contribution in [0.25, 0.3) is 0 Å². The van der Waals surface area contributed by atoms with E-state index >= 15 is 0 Å². The predicted molar refractivity (Wildman–Crippen MR) is 90.6 cm³/mol. The second kappa shape index (κ2) is 8.61. The third-order valence-corrected chi connectivity index (χ3v) is 4.29. The normalized spacial score (nSPS) is 13.8. The Hall–Kier alpha value is -1.63.